The molecule has 15 heavy (non-hydrogen) atoms. The van der Waals surface area contributed by atoms with E-state index in [-0.39, 0.29) is 0 Å². The molecule has 1 unspecified atom stereocenters. The summed E-state index contributed by atoms with van der Waals surface area (Å²) in [5.41, 5.74) is 1.55. The Morgan fingerprint density at radius 3 is 2.60 bits per heavy atom. The normalized spacial score (nSPS) is 20.5. The zero-order valence-electron chi connectivity index (χ0n) is 10.7. The van der Waals surface area contributed by atoms with E-state index in [0.717, 1.165) is 25.6 Å². The van der Waals surface area contributed by atoms with Gasteiger partial charge in [0, 0.05) is 25.7 Å². The summed E-state index contributed by atoms with van der Waals surface area (Å²) in [5, 5.41) is 3.53. The second-order valence-electron chi connectivity index (χ2n) is 5.20. The highest BCUT2D eigenvalue weighted by atomic mass is 15.2. The average molecular weight is 210 g/mol. The van der Waals surface area contributed by atoms with E-state index >= 15 is 0 Å². The Hall–Kier alpha value is -0.340. The maximum absolute atomic E-state index is 3.53. The van der Waals surface area contributed by atoms with Gasteiger partial charge in [0.25, 0.3) is 0 Å². The van der Waals surface area contributed by atoms with Crippen LogP contribution in [0.3, 0.4) is 0 Å². The van der Waals surface area contributed by atoms with Crippen molar-refractivity contribution < 1.29 is 0 Å². The van der Waals surface area contributed by atoms with Crippen molar-refractivity contribution >= 4 is 0 Å². The molecule has 1 aliphatic rings. The van der Waals surface area contributed by atoms with Crippen molar-refractivity contribution in [3.05, 3.63) is 11.6 Å². The molecule has 0 radical (unpaired) electrons. The van der Waals surface area contributed by atoms with Gasteiger partial charge in [-0.25, -0.2) is 0 Å². The van der Waals surface area contributed by atoms with Gasteiger partial charge in [0.1, 0.15) is 0 Å². The lowest BCUT2D eigenvalue weighted by Gasteiger charge is -2.31. The Morgan fingerprint density at radius 1 is 1.33 bits per heavy atom. The van der Waals surface area contributed by atoms with Crippen LogP contribution in [0.1, 0.15) is 34.1 Å². The summed E-state index contributed by atoms with van der Waals surface area (Å²) in [6.07, 6.45) is 3.61. The van der Waals surface area contributed by atoms with Crippen LogP contribution in [0.4, 0.5) is 0 Å². The van der Waals surface area contributed by atoms with Crippen LogP contribution in [-0.2, 0) is 0 Å². The largest absolute Gasteiger partial charge is 0.315 e. The van der Waals surface area contributed by atoms with Crippen LogP contribution in [0.5, 0.6) is 0 Å². The first-order valence-electron chi connectivity index (χ1n) is 6.20. The Bertz CT molecular complexity index is 209. The van der Waals surface area contributed by atoms with Gasteiger partial charge in [-0.1, -0.05) is 25.5 Å². The molecule has 0 amide bonds. The third kappa shape index (κ3) is 4.80. The Morgan fingerprint density at radius 2 is 2.07 bits per heavy atom. The van der Waals surface area contributed by atoms with Crippen molar-refractivity contribution in [2.24, 2.45) is 5.92 Å². The molecule has 0 aromatic carbocycles. The van der Waals surface area contributed by atoms with E-state index in [1.807, 2.05) is 0 Å². The molecule has 0 saturated heterocycles. The molecule has 1 heterocycles. The van der Waals surface area contributed by atoms with Gasteiger partial charge in [-0.05, 0) is 32.7 Å². The standard InChI is InChI=1S/C13H26N2/c1-11(2)9-14-10-13(4)15-7-5-12(3)6-8-15/h5,11,13-14H,6-10H2,1-4H3. The molecule has 0 aromatic rings. The van der Waals surface area contributed by atoms with Crippen LogP contribution in [0.25, 0.3) is 0 Å². The molecule has 1 aliphatic heterocycles. The molecular weight excluding hydrogens is 184 g/mol. The molecule has 1 atom stereocenters. The molecule has 1 N–H and O–H groups in total. The molecule has 0 spiro atoms. The third-order valence-electron chi connectivity index (χ3n) is 3.08. The van der Waals surface area contributed by atoms with Crippen molar-refractivity contribution in [3.8, 4) is 0 Å². The number of nitrogens with one attached hydrogen (secondary N) is 1. The lowest BCUT2D eigenvalue weighted by molar-refractivity contribution is 0.218. The molecule has 0 aromatic heterocycles. The monoisotopic (exact) mass is 210 g/mol. The maximum Gasteiger partial charge on any atom is 0.0195 e. The van der Waals surface area contributed by atoms with Gasteiger partial charge < -0.3 is 5.32 Å². The first-order chi connectivity index (χ1) is 7.09. The van der Waals surface area contributed by atoms with Crippen molar-refractivity contribution in [2.45, 2.75) is 40.2 Å². The van der Waals surface area contributed by atoms with E-state index in [1.165, 1.54) is 13.0 Å². The topological polar surface area (TPSA) is 15.3 Å². The fourth-order valence-corrected chi connectivity index (χ4v) is 1.90. The molecule has 0 fully saturated rings. The van der Waals surface area contributed by atoms with Crippen LogP contribution < -0.4 is 5.32 Å². The van der Waals surface area contributed by atoms with Crippen molar-refractivity contribution in [1.29, 1.82) is 0 Å². The summed E-state index contributed by atoms with van der Waals surface area (Å²) in [6, 6.07) is 0.660. The fraction of sp³-hybridized carbons (Fsp3) is 0.846. The molecule has 2 nitrogen and oxygen atoms in total. The Kier molecular flexibility index (Phi) is 5.34. The van der Waals surface area contributed by atoms with E-state index in [1.54, 1.807) is 5.57 Å². The van der Waals surface area contributed by atoms with Gasteiger partial charge in [-0.3, -0.25) is 4.90 Å². The predicted octanol–water partition coefficient (Wildman–Crippen LogP) is 2.27. The summed E-state index contributed by atoms with van der Waals surface area (Å²) in [6.45, 7) is 13.7. The summed E-state index contributed by atoms with van der Waals surface area (Å²) in [7, 11) is 0. The first kappa shape index (κ1) is 12.7. The van der Waals surface area contributed by atoms with Crippen molar-refractivity contribution in [2.75, 3.05) is 26.2 Å². The lowest BCUT2D eigenvalue weighted by Crippen LogP contribution is -2.43. The van der Waals surface area contributed by atoms with Crippen molar-refractivity contribution in [3.63, 3.8) is 0 Å². The van der Waals surface area contributed by atoms with Crippen LogP contribution in [0, 0.1) is 5.92 Å². The van der Waals surface area contributed by atoms with Gasteiger partial charge >= 0.3 is 0 Å². The second kappa shape index (κ2) is 6.29. The van der Waals surface area contributed by atoms with Gasteiger partial charge in [-0.15, -0.1) is 0 Å². The minimum Gasteiger partial charge on any atom is -0.315 e. The van der Waals surface area contributed by atoms with E-state index in [2.05, 4.69) is 44.0 Å². The van der Waals surface area contributed by atoms with Crippen LogP contribution in [-0.4, -0.2) is 37.1 Å². The Labute approximate surface area is 94.7 Å². The number of rotatable bonds is 5. The molecule has 0 aliphatic carbocycles. The predicted molar refractivity (Wildman–Crippen MR) is 67.1 cm³/mol. The van der Waals surface area contributed by atoms with Crippen molar-refractivity contribution in [1.82, 2.24) is 10.2 Å². The fourth-order valence-electron chi connectivity index (χ4n) is 1.90. The maximum atomic E-state index is 3.53. The summed E-state index contributed by atoms with van der Waals surface area (Å²) in [5.74, 6) is 0.751. The number of hydrogen-bond acceptors (Lipinski definition) is 2. The van der Waals surface area contributed by atoms with E-state index < -0.39 is 0 Å². The molecule has 0 bridgehead atoms. The number of hydrogen-bond donors (Lipinski definition) is 1. The molecule has 0 saturated carbocycles. The zero-order chi connectivity index (χ0) is 11.3. The molecule has 88 valence electrons. The number of nitrogens with zero attached hydrogens (tertiary/aromatic N) is 1. The highest BCUT2D eigenvalue weighted by Gasteiger charge is 2.15. The summed E-state index contributed by atoms with van der Waals surface area (Å²) >= 11 is 0. The zero-order valence-corrected chi connectivity index (χ0v) is 10.7. The lowest BCUT2D eigenvalue weighted by atomic mass is 10.1. The van der Waals surface area contributed by atoms with Crippen LogP contribution in [0.2, 0.25) is 0 Å². The summed E-state index contributed by atoms with van der Waals surface area (Å²) in [4.78, 5) is 2.56. The van der Waals surface area contributed by atoms with Gasteiger partial charge in [-0.2, -0.15) is 0 Å². The van der Waals surface area contributed by atoms with E-state index in [9.17, 15) is 0 Å². The quantitative estimate of drug-likeness (QED) is 0.700. The SMILES string of the molecule is CC1=CCN(C(C)CNCC(C)C)CC1. The van der Waals surface area contributed by atoms with E-state index in [0.29, 0.717) is 6.04 Å². The van der Waals surface area contributed by atoms with Gasteiger partial charge in [0.2, 0.25) is 0 Å². The highest BCUT2D eigenvalue weighted by Crippen LogP contribution is 2.11. The second-order valence-corrected chi connectivity index (χ2v) is 5.20. The smallest absolute Gasteiger partial charge is 0.0195 e. The molecular formula is C13H26N2. The molecule has 2 heteroatoms. The van der Waals surface area contributed by atoms with Crippen LogP contribution >= 0.6 is 0 Å². The molecule has 1 rings (SSSR count). The summed E-state index contributed by atoms with van der Waals surface area (Å²) < 4.78 is 0. The van der Waals surface area contributed by atoms with Crippen LogP contribution in [0.15, 0.2) is 11.6 Å². The third-order valence-corrected chi connectivity index (χ3v) is 3.08. The Balaban J connectivity index is 2.20. The minimum absolute atomic E-state index is 0.660. The average Bonchev–Trinajstić information content (AvgIpc) is 2.18. The van der Waals surface area contributed by atoms with E-state index in [4.69, 9.17) is 0 Å². The van der Waals surface area contributed by atoms with Gasteiger partial charge in [0.15, 0.2) is 0 Å². The minimum atomic E-state index is 0.660. The highest BCUT2D eigenvalue weighted by molar-refractivity contribution is 5.04. The van der Waals surface area contributed by atoms with Gasteiger partial charge in [0.05, 0.1) is 0 Å². The first-order valence-corrected chi connectivity index (χ1v) is 6.20.